The molecule has 1 N–H and O–H groups in total. The van der Waals surface area contributed by atoms with Gasteiger partial charge in [-0.2, -0.15) is 5.26 Å². The lowest BCUT2D eigenvalue weighted by atomic mass is 10.1. The summed E-state index contributed by atoms with van der Waals surface area (Å²) in [6.45, 7) is 0.433. The molecule has 112 valence electrons. The normalized spacial score (nSPS) is 11.5. The quantitative estimate of drug-likeness (QED) is 0.653. The van der Waals surface area contributed by atoms with Crippen LogP contribution in [0.1, 0.15) is 17.2 Å². The zero-order valence-electron chi connectivity index (χ0n) is 12.0. The average molecular weight is 297 g/mol. The van der Waals surface area contributed by atoms with Crippen molar-refractivity contribution in [3.05, 3.63) is 69.8 Å². The fourth-order valence-electron chi connectivity index (χ4n) is 2.15. The number of nitrogens with zero attached hydrogens (tertiary/aromatic N) is 2. The number of hydrogen-bond acceptors (Lipinski definition) is 5. The van der Waals surface area contributed by atoms with Gasteiger partial charge in [0.25, 0.3) is 5.69 Å². The van der Waals surface area contributed by atoms with Crippen LogP contribution in [0.5, 0.6) is 0 Å². The van der Waals surface area contributed by atoms with E-state index in [1.165, 1.54) is 12.1 Å². The van der Waals surface area contributed by atoms with E-state index >= 15 is 0 Å². The molecule has 1 atom stereocenters. The van der Waals surface area contributed by atoms with E-state index < -0.39 is 4.92 Å². The van der Waals surface area contributed by atoms with E-state index in [0.717, 1.165) is 5.56 Å². The van der Waals surface area contributed by atoms with Crippen molar-refractivity contribution in [2.45, 2.75) is 6.04 Å². The number of nitro benzene ring substituents is 1. The molecule has 0 bridgehead atoms. The minimum Gasteiger partial charge on any atom is -0.382 e. The van der Waals surface area contributed by atoms with Gasteiger partial charge in [-0.25, -0.2) is 0 Å². The van der Waals surface area contributed by atoms with Crippen LogP contribution in [-0.2, 0) is 4.74 Å². The van der Waals surface area contributed by atoms with Crippen molar-refractivity contribution in [1.29, 1.82) is 5.26 Å². The number of hydrogen-bond donors (Lipinski definition) is 1. The summed E-state index contributed by atoms with van der Waals surface area (Å²) in [6.07, 6.45) is 0. The molecular weight excluding hydrogens is 282 g/mol. The molecule has 0 aromatic heterocycles. The Labute approximate surface area is 128 Å². The fourth-order valence-corrected chi connectivity index (χ4v) is 2.15. The Hall–Kier alpha value is -2.91. The second kappa shape index (κ2) is 7.20. The second-order valence-corrected chi connectivity index (χ2v) is 4.66. The molecule has 6 heteroatoms. The Kier molecular flexibility index (Phi) is 5.07. The van der Waals surface area contributed by atoms with Crippen LogP contribution in [0.2, 0.25) is 0 Å². The topological polar surface area (TPSA) is 88.2 Å². The van der Waals surface area contributed by atoms with Gasteiger partial charge in [0.05, 0.1) is 17.6 Å². The maximum Gasteiger partial charge on any atom is 0.287 e. The number of rotatable bonds is 6. The highest BCUT2D eigenvalue weighted by Crippen LogP contribution is 2.25. The van der Waals surface area contributed by atoms with Crippen LogP contribution in [0.4, 0.5) is 11.4 Å². The first-order valence-corrected chi connectivity index (χ1v) is 6.64. The summed E-state index contributed by atoms with van der Waals surface area (Å²) >= 11 is 0. The highest BCUT2D eigenvalue weighted by molar-refractivity contribution is 5.59. The summed E-state index contributed by atoms with van der Waals surface area (Å²) in [7, 11) is 1.61. The predicted octanol–water partition coefficient (Wildman–Crippen LogP) is 3.27. The fraction of sp³-hybridized carbons (Fsp3) is 0.188. The Morgan fingerprint density at radius 1 is 1.32 bits per heavy atom. The third-order valence-electron chi connectivity index (χ3n) is 3.19. The molecule has 0 aliphatic carbocycles. The molecule has 0 unspecified atom stereocenters. The van der Waals surface area contributed by atoms with Crippen LogP contribution in [0.25, 0.3) is 0 Å². The Morgan fingerprint density at radius 2 is 2.05 bits per heavy atom. The molecule has 22 heavy (non-hydrogen) atoms. The van der Waals surface area contributed by atoms with Gasteiger partial charge in [-0.15, -0.1) is 0 Å². The van der Waals surface area contributed by atoms with Gasteiger partial charge in [0.2, 0.25) is 0 Å². The number of ether oxygens (including phenoxy) is 1. The highest BCUT2D eigenvalue weighted by atomic mass is 16.6. The van der Waals surface area contributed by atoms with Crippen LogP contribution in [0.15, 0.2) is 48.5 Å². The van der Waals surface area contributed by atoms with Crippen LogP contribution in [0.3, 0.4) is 0 Å². The average Bonchev–Trinajstić information content (AvgIpc) is 2.55. The molecule has 0 aliphatic rings. The number of nitro groups is 1. The molecule has 0 amide bonds. The summed E-state index contributed by atoms with van der Waals surface area (Å²) in [4.78, 5) is 10.3. The lowest BCUT2D eigenvalue weighted by Gasteiger charge is -2.19. The van der Waals surface area contributed by atoms with Gasteiger partial charge in [0.1, 0.15) is 11.6 Å². The minimum absolute atomic E-state index is 0.0271. The lowest BCUT2D eigenvalue weighted by Crippen LogP contribution is -2.16. The standard InChI is InChI=1S/C16H15N3O3/c1-22-11-15(12-5-3-2-4-6-12)18-14-7-8-16(19(20)21)13(9-14)10-17/h2-9,15,18H,11H2,1H3/t15-/m1/s1. The molecular formula is C16H15N3O3. The van der Waals surface area contributed by atoms with Crippen molar-refractivity contribution in [3.63, 3.8) is 0 Å². The molecule has 0 saturated carbocycles. The first-order valence-electron chi connectivity index (χ1n) is 6.64. The highest BCUT2D eigenvalue weighted by Gasteiger charge is 2.16. The summed E-state index contributed by atoms with van der Waals surface area (Å²) in [5.74, 6) is 0. The van der Waals surface area contributed by atoms with Crippen LogP contribution >= 0.6 is 0 Å². The van der Waals surface area contributed by atoms with Crippen LogP contribution < -0.4 is 5.32 Å². The van der Waals surface area contributed by atoms with Gasteiger partial charge in [-0.3, -0.25) is 10.1 Å². The van der Waals surface area contributed by atoms with Crippen LogP contribution in [0, 0.1) is 21.4 Å². The first kappa shape index (κ1) is 15.5. The van der Waals surface area contributed by atoms with Crippen LogP contribution in [-0.4, -0.2) is 18.6 Å². The second-order valence-electron chi connectivity index (χ2n) is 4.66. The maximum absolute atomic E-state index is 10.9. The minimum atomic E-state index is -0.563. The summed E-state index contributed by atoms with van der Waals surface area (Å²) in [6, 6.07) is 15.8. The number of nitrogens with one attached hydrogen (secondary N) is 1. The van der Waals surface area contributed by atoms with Gasteiger partial charge in [0.15, 0.2) is 0 Å². The monoisotopic (exact) mass is 297 g/mol. The zero-order valence-corrected chi connectivity index (χ0v) is 12.0. The number of anilines is 1. The third kappa shape index (κ3) is 3.59. The molecule has 2 aromatic rings. The molecule has 2 aromatic carbocycles. The molecule has 2 rings (SSSR count). The lowest BCUT2D eigenvalue weighted by molar-refractivity contribution is -0.385. The molecule has 0 spiro atoms. The van der Waals surface area contributed by atoms with Gasteiger partial charge in [0, 0.05) is 18.9 Å². The Morgan fingerprint density at radius 3 is 2.64 bits per heavy atom. The number of benzene rings is 2. The Bertz CT molecular complexity index is 696. The molecule has 0 radical (unpaired) electrons. The van der Waals surface area contributed by atoms with Gasteiger partial charge in [-0.05, 0) is 17.7 Å². The Balaban J connectivity index is 2.28. The molecule has 0 saturated heterocycles. The van der Waals surface area contributed by atoms with E-state index in [1.54, 1.807) is 13.2 Å². The summed E-state index contributed by atoms with van der Waals surface area (Å²) in [5, 5.41) is 23.1. The number of methoxy groups -OCH3 is 1. The van der Waals surface area contributed by atoms with Crippen molar-refractivity contribution in [2.24, 2.45) is 0 Å². The zero-order chi connectivity index (χ0) is 15.9. The van der Waals surface area contributed by atoms with E-state index in [9.17, 15) is 10.1 Å². The largest absolute Gasteiger partial charge is 0.382 e. The van der Waals surface area contributed by atoms with Gasteiger partial charge >= 0.3 is 0 Å². The van der Waals surface area contributed by atoms with Crippen molar-refractivity contribution < 1.29 is 9.66 Å². The van der Waals surface area contributed by atoms with E-state index in [-0.39, 0.29) is 17.3 Å². The number of nitriles is 1. The van der Waals surface area contributed by atoms with Gasteiger partial charge < -0.3 is 10.1 Å². The third-order valence-corrected chi connectivity index (χ3v) is 3.19. The summed E-state index contributed by atoms with van der Waals surface area (Å²) < 4.78 is 5.21. The van der Waals surface area contributed by atoms with E-state index in [4.69, 9.17) is 10.00 Å². The maximum atomic E-state index is 10.9. The summed E-state index contributed by atoms with van der Waals surface area (Å²) in [5.41, 5.74) is 1.49. The molecule has 6 nitrogen and oxygen atoms in total. The molecule has 0 fully saturated rings. The van der Waals surface area contributed by atoms with E-state index in [2.05, 4.69) is 5.32 Å². The van der Waals surface area contributed by atoms with E-state index in [1.807, 2.05) is 36.4 Å². The van der Waals surface area contributed by atoms with Crippen molar-refractivity contribution in [1.82, 2.24) is 0 Å². The first-order chi connectivity index (χ1) is 10.7. The molecule has 0 aliphatic heterocycles. The van der Waals surface area contributed by atoms with Crippen molar-refractivity contribution in [2.75, 3.05) is 19.0 Å². The molecule has 0 heterocycles. The SMILES string of the molecule is COC[C@@H](Nc1ccc([N+](=O)[O-])c(C#N)c1)c1ccccc1. The van der Waals surface area contributed by atoms with Crippen molar-refractivity contribution >= 4 is 11.4 Å². The van der Waals surface area contributed by atoms with E-state index in [0.29, 0.717) is 12.3 Å². The predicted molar refractivity (Wildman–Crippen MR) is 82.5 cm³/mol. The van der Waals surface area contributed by atoms with Gasteiger partial charge in [-0.1, -0.05) is 30.3 Å². The van der Waals surface area contributed by atoms with Crippen molar-refractivity contribution in [3.8, 4) is 6.07 Å². The smallest absolute Gasteiger partial charge is 0.287 e.